The molecule has 0 bridgehead atoms. The second kappa shape index (κ2) is 8.48. The minimum atomic E-state index is -0.352. The Morgan fingerprint density at radius 2 is 2.03 bits per heavy atom. The van der Waals surface area contributed by atoms with E-state index in [1.165, 1.54) is 0 Å². The highest BCUT2D eigenvalue weighted by Crippen LogP contribution is 2.45. The number of ether oxygens (including phenoxy) is 1. The summed E-state index contributed by atoms with van der Waals surface area (Å²) in [5.74, 6) is 0.774. The van der Waals surface area contributed by atoms with Crippen LogP contribution in [0, 0.1) is 0 Å². The van der Waals surface area contributed by atoms with Crippen LogP contribution in [0.4, 0.5) is 5.69 Å². The van der Waals surface area contributed by atoms with Crippen molar-refractivity contribution in [1.82, 2.24) is 15.2 Å². The number of benzene rings is 1. The van der Waals surface area contributed by atoms with E-state index in [0.717, 1.165) is 54.8 Å². The number of pyridine rings is 1. The summed E-state index contributed by atoms with van der Waals surface area (Å²) in [5, 5.41) is 3.46. The van der Waals surface area contributed by atoms with Gasteiger partial charge in [-0.05, 0) is 69.6 Å². The van der Waals surface area contributed by atoms with Gasteiger partial charge in [0.25, 0.3) is 5.91 Å². The molecule has 1 aromatic carbocycles. The Kier molecular flexibility index (Phi) is 5.77. The van der Waals surface area contributed by atoms with E-state index in [-0.39, 0.29) is 11.5 Å². The van der Waals surface area contributed by atoms with Crippen molar-refractivity contribution in [3.05, 3.63) is 59.4 Å². The average molecular weight is 407 g/mol. The van der Waals surface area contributed by atoms with Crippen LogP contribution in [0.5, 0.6) is 5.75 Å². The van der Waals surface area contributed by atoms with Gasteiger partial charge in [-0.1, -0.05) is 12.1 Å². The molecule has 3 heterocycles. The van der Waals surface area contributed by atoms with Crippen LogP contribution < -0.4 is 15.8 Å². The molecule has 6 nitrogen and oxygen atoms in total. The molecule has 1 fully saturated rings. The van der Waals surface area contributed by atoms with Gasteiger partial charge < -0.3 is 20.7 Å². The number of hydrogen-bond acceptors (Lipinski definition) is 5. The molecule has 1 spiro atoms. The first-order valence-electron chi connectivity index (χ1n) is 10.8. The first-order chi connectivity index (χ1) is 14.6. The fourth-order valence-corrected chi connectivity index (χ4v) is 4.39. The monoisotopic (exact) mass is 406 g/mol. The lowest BCUT2D eigenvalue weighted by Gasteiger charge is -2.37. The number of aromatic nitrogens is 1. The van der Waals surface area contributed by atoms with Crippen molar-refractivity contribution in [3.8, 4) is 5.75 Å². The first-order valence-corrected chi connectivity index (χ1v) is 10.8. The zero-order valence-corrected chi connectivity index (χ0v) is 17.8. The molecule has 2 aliphatic heterocycles. The fraction of sp³-hybridized carbons (Fsp3) is 0.417. The minimum Gasteiger partial charge on any atom is -0.482 e. The molecule has 1 saturated heterocycles. The van der Waals surface area contributed by atoms with E-state index in [4.69, 9.17) is 10.5 Å². The van der Waals surface area contributed by atoms with Crippen molar-refractivity contribution >= 4 is 17.2 Å². The highest BCUT2D eigenvalue weighted by Gasteiger charge is 2.37. The molecule has 1 aromatic heterocycles. The molecule has 4 rings (SSSR count). The normalized spacial score (nSPS) is 20.7. The maximum absolute atomic E-state index is 12.6. The zero-order valence-electron chi connectivity index (χ0n) is 17.8. The Hall–Kier alpha value is -2.86. The topological polar surface area (TPSA) is 80.5 Å². The molecule has 3 N–H and O–H groups in total. The van der Waals surface area contributed by atoms with Gasteiger partial charge in [-0.3, -0.25) is 9.78 Å². The molecule has 158 valence electrons. The quantitative estimate of drug-likeness (QED) is 0.760. The van der Waals surface area contributed by atoms with Gasteiger partial charge in [0.05, 0.1) is 0 Å². The number of nitrogen functional groups attached to an aromatic ring is 1. The predicted octanol–water partition coefficient (Wildman–Crippen LogP) is 3.48. The van der Waals surface area contributed by atoms with Crippen molar-refractivity contribution in [3.63, 3.8) is 0 Å². The largest absolute Gasteiger partial charge is 0.482 e. The van der Waals surface area contributed by atoms with Crippen LogP contribution in [0.15, 0.2) is 42.6 Å². The Balaban J connectivity index is 1.75. The predicted molar refractivity (Wildman–Crippen MR) is 120 cm³/mol. The van der Waals surface area contributed by atoms with Gasteiger partial charge in [0.1, 0.15) is 17.0 Å². The summed E-state index contributed by atoms with van der Waals surface area (Å²) >= 11 is 0. The maximum atomic E-state index is 12.6. The van der Waals surface area contributed by atoms with Crippen LogP contribution in [0.1, 0.15) is 54.7 Å². The molecule has 2 aliphatic rings. The number of nitrogens with two attached hydrogens (primary N) is 1. The van der Waals surface area contributed by atoms with Crippen molar-refractivity contribution in [2.75, 3.05) is 31.9 Å². The van der Waals surface area contributed by atoms with Crippen LogP contribution in [-0.2, 0) is 0 Å². The van der Waals surface area contributed by atoms with Crippen molar-refractivity contribution in [1.29, 1.82) is 0 Å². The van der Waals surface area contributed by atoms with Gasteiger partial charge in [0, 0.05) is 42.5 Å². The third-order valence-electron chi connectivity index (χ3n) is 6.07. The van der Waals surface area contributed by atoms with Crippen molar-refractivity contribution in [2.45, 2.75) is 38.7 Å². The summed E-state index contributed by atoms with van der Waals surface area (Å²) in [4.78, 5) is 18.9. The second-order valence-corrected chi connectivity index (χ2v) is 7.96. The Labute approximate surface area is 178 Å². The molecule has 1 amide bonds. The number of carbonyl (C=O) groups is 1. The fourth-order valence-electron chi connectivity index (χ4n) is 4.39. The zero-order chi connectivity index (χ0) is 21.1. The molecular weight excluding hydrogens is 376 g/mol. The van der Waals surface area contributed by atoms with E-state index < -0.39 is 0 Å². The van der Waals surface area contributed by atoms with Gasteiger partial charge in [0.15, 0.2) is 0 Å². The average Bonchev–Trinajstić information content (AvgIpc) is 2.99. The molecule has 1 unspecified atom stereocenters. The molecule has 2 aromatic rings. The van der Waals surface area contributed by atoms with Gasteiger partial charge in [0.2, 0.25) is 0 Å². The van der Waals surface area contributed by atoms with E-state index in [0.29, 0.717) is 24.5 Å². The number of anilines is 1. The SMILES string of the molecule is CCN(CC)C(=O)c1ccc(C2=CC3(CCCNCC3)Oc3cccc(N)c32)cn1. The van der Waals surface area contributed by atoms with Crippen LogP contribution in [0.25, 0.3) is 5.57 Å². The third-order valence-corrected chi connectivity index (χ3v) is 6.07. The number of carbonyl (C=O) groups excluding carboxylic acids is 1. The van der Waals surface area contributed by atoms with E-state index in [2.05, 4.69) is 16.4 Å². The molecule has 30 heavy (non-hydrogen) atoms. The number of nitrogens with zero attached hydrogens (tertiary/aromatic N) is 2. The molecule has 0 aliphatic carbocycles. The lowest BCUT2D eigenvalue weighted by atomic mass is 9.84. The lowest BCUT2D eigenvalue weighted by Crippen LogP contribution is -2.37. The minimum absolute atomic E-state index is 0.0428. The van der Waals surface area contributed by atoms with E-state index >= 15 is 0 Å². The number of rotatable bonds is 4. The summed E-state index contributed by atoms with van der Waals surface area (Å²) in [6, 6.07) is 9.61. The van der Waals surface area contributed by atoms with Crippen molar-refractivity contribution < 1.29 is 9.53 Å². The molecule has 1 atom stereocenters. The third kappa shape index (κ3) is 3.79. The highest BCUT2D eigenvalue weighted by molar-refractivity contribution is 5.94. The van der Waals surface area contributed by atoms with E-state index in [9.17, 15) is 4.79 Å². The number of nitrogens with one attached hydrogen (secondary N) is 1. The van der Waals surface area contributed by atoms with Crippen LogP contribution >= 0.6 is 0 Å². The van der Waals surface area contributed by atoms with Crippen LogP contribution in [0.2, 0.25) is 0 Å². The molecule has 0 radical (unpaired) electrons. The van der Waals surface area contributed by atoms with Gasteiger partial charge in [-0.15, -0.1) is 0 Å². The van der Waals surface area contributed by atoms with Gasteiger partial charge >= 0.3 is 0 Å². The van der Waals surface area contributed by atoms with Crippen LogP contribution in [-0.4, -0.2) is 47.6 Å². The van der Waals surface area contributed by atoms with Crippen LogP contribution in [0.3, 0.4) is 0 Å². The number of hydrogen-bond donors (Lipinski definition) is 2. The summed E-state index contributed by atoms with van der Waals surface area (Å²) in [7, 11) is 0. The van der Waals surface area contributed by atoms with E-state index in [1.807, 2.05) is 44.2 Å². The maximum Gasteiger partial charge on any atom is 0.272 e. The summed E-state index contributed by atoms with van der Waals surface area (Å²) in [6.45, 7) is 7.20. The second-order valence-electron chi connectivity index (χ2n) is 7.96. The summed E-state index contributed by atoms with van der Waals surface area (Å²) < 4.78 is 6.52. The highest BCUT2D eigenvalue weighted by atomic mass is 16.5. The summed E-state index contributed by atoms with van der Waals surface area (Å²) in [5.41, 5.74) is 10.0. The molecule has 0 saturated carbocycles. The standard InChI is InChI=1S/C24H30N4O2/c1-3-28(4-2)23(29)20-10-9-17(16-27-20)18-15-24(11-6-13-26-14-12-24)30-21-8-5-7-19(25)22(18)21/h5,7-10,15-16,26H,3-4,6,11-14,25H2,1-2H3. The Morgan fingerprint density at radius 3 is 2.77 bits per heavy atom. The van der Waals surface area contributed by atoms with Gasteiger partial charge in [-0.2, -0.15) is 0 Å². The first kappa shape index (κ1) is 20.4. The smallest absolute Gasteiger partial charge is 0.272 e. The molecule has 6 heteroatoms. The van der Waals surface area contributed by atoms with E-state index in [1.54, 1.807) is 11.1 Å². The lowest BCUT2D eigenvalue weighted by molar-refractivity contribution is 0.0767. The summed E-state index contributed by atoms with van der Waals surface area (Å²) in [6.07, 6.45) is 6.91. The molecular formula is C24H30N4O2. The van der Waals surface area contributed by atoms with Crippen molar-refractivity contribution in [2.24, 2.45) is 0 Å². The number of amides is 1. The number of fused-ring (bicyclic) bond motifs is 1. The Morgan fingerprint density at radius 1 is 1.20 bits per heavy atom. The Bertz CT molecular complexity index is 940. The van der Waals surface area contributed by atoms with Gasteiger partial charge in [-0.25, -0.2) is 0 Å².